The summed E-state index contributed by atoms with van der Waals surface area (Å²) in [6, 6.07) is -0.456. The summed E-state index contributed by atoms with van der Waals surface area (Å²) in [5, 5.41) is 0. The van der Waals surface area contributed by atoms with Crippen LogP contribution in [0.1, 0.15) is 6.42 Å². The molecule has 1 atom stereocenters. The molecule has 0 aromatic heterocycles. The molecule has 0 unspecified atom stereocenters. The second-order valence-electron chi connectivity index (χ2n) is 4.49. The van der Waals surface area contributed by atoms with Crippen LogP contribution >= 0.6 is 0 Å². The molecule has 1 aliphatic heterocycles. The molecular formula is C12H19N3O4. The summed E-state index contributed by atoms with van der Waals surface area (Å²) in [5.74, 6) is -0.742. The van der Waals surface area contributed by atoms with Crippen molar-refractivity contribution in [2.75, 3.05) is 33.9 Å². The Bertz CT molecular complexity index is 374. The van der Waals surface area contributed by atoms with E-state index in [0.29, 0.717) is 0 Å². The van der Waals surface area contributed by atoms with Crippen molar-refractivity contribution < 1.29 is 19.1 Å². The van der Waals surface area contributed by atoms with E-state index in [2.05, 4.69) is 0 Å². The van der Waals surface area contributed by atoms with Gasteiger partial charge in [-0.1, -0.05) is 0 Å². The summed E-state index contributed by atoms with van der Waals surface area (Å²) in [5.41, 5.74) is 5.76. The number of carbonyl (C=O) groups excluding carboxylic acids is 3. The summed E-state index contributed by atoms with van der Waals surface area (Å²) >= 11 is 0. The monoisotopic (exact) mass is 269 g/mol. The SMILES string of the molecule is CN(C)C(=O)CCOC[C@@H](N)CN1C(=O)C=CC1=O. The first-order valence-corrected chi connectivity index (χ1v) is 5.99. The van der Waals surface area contributed by atoms with Gasteiger partial charge in [-0.05, 0) is 0 Å². The van der Waals surface area contributed by atoms with Crippen molar-refractivity contribution in [2.45, 2.75) is 12.5 Å². The van der Waals surface area contributed by atoms with E-state index in [1.54, 1.807) is 14.1 Å². The van der Waals surface area contributed by atoms with Gasteiger partial charge in [-0.25, -0.2) is 0 Å². The Hall–Kier alpha value is -1.73. The minimum Gasteiger partial charge on any atom is -0.379 e. The van der Waals surface area contributed by atoms with Crippen LogP contribution in [0.2, 0.25) is 0 Å². The zero-order chi connectivity index (χ0) is 14.4. The van der Waals surface area contributed by atoms with Crippen molar-refractivity contribution in [3.05, 3.63) is 12.2 Å². The van der Waals surface area contributed by atoms with E-state index in [0.717, 1.165) is 4.90 Å². The highest BCUT2D eigenvalue weighted by molar-refractivity contribution is 6.12. The van der Waals surface area contributed by atoms with Gasteiger partial charge in [-0.3, -0.25) is 19.3 Å². The molecule has 0 aromatic rings. The normalized spacial score (nSPS) is 16.1. The molecule has 3 amide bonds. The number of amides is 3. The first kappa shape index (κ1) is 15.3. The molecule has 0 fully saturated rings. The summed E-state index contributed by atoms with van der Waals surface area (Å²) < 4.78 is 5.25. The van der Waals surface area contributed by atoms with Gasteiger partial charge in [0.05, 0.1) is 19.6 Å². The number of nitrogens with two attached hydrogens (primary N) is 1. The average Bonchev–Trinajstić information content (AvgIpc) is 2.66. The molecule has 0 aliphatic carbocycles. The Kier molecular flexibility index (Phi) is 5.65. The van der Waals surface area contributed by atoms with E-state index in [4.69, 9.17) is 10.5 Å². The van der Waals surface area contributed by atoms with Crippen LogP contribution in [0.3, 0.4) is 0 Å². The lowest BCUT2D eigenvalue weighted by Crippen LogP contribution is -2.43. The third kappa shape index (κ3) is 4.80. The zero-order valence-electron chi connectivity index (χ0n) is 11.2. The van der Waals surface area contributed by atoms with Gasteiger partial charge in [0.1, 0.15) is 0 Å². The van der Waals surface area contributed by atoms with E-state index >= 15 is 0 Å². The largest absolute Gasteiger partial charge is 0.379 e. The summed E-state index contributed by atoms with van der Waals surface area (Å²) in [6.07, 6.45) is 2.71. The molecule has 19 heavy (non-hydrogen) atoms. The van der Waals surface area contributed by atoms with Crippen LogP contribution in [-0.2, 0) is 19.1 Å². The number of imide groups is 1. The molecule has 7 heteroatoms. The zero-order valence-corrected chi connectivity index (χ0v) is 11.2. The van der Waals surface area contributed by atoms with Gasteiger partial charge >= 0.3 is 0 Å². The quantitative estimate of drug-likeness (QED) is 0.459. The lowest BCUT2D eigenvalue weighted by atomic mass is 10.3. The highest BCUT2D eigenvalue weighted by atomic mass is 16.5. The number of rotatable bonds is 7. The third-order valence-electron chi connectivity index (χ3n) is 2.61. The fourth-order valence-corrected chi connectivity index (χ4v) is 1.52. The molecule has 0 radical (unpaired) electrons. The van der Waals surface area contributed by atoms with Crippen LogP contribution in [-0.4, -0.2) is 67.4 Å². The summed E-state index contributed by atoms with van der Waals surface area (Å²) in [6.45, 7) is 0.578. The van der Waals surface area contributed by atoms with E-state index < -0.39 is 6.04 Å². The molecule has 1 heterocycles. The first-order chi connectivity index (χ1) is 8.91. The third-order valence-corrected chi connectivity index (χ3v) is 2.61. The van der Waals surface area contributed by atoms with Gasteiger partial charge in [0, 0.05) is 38.8 Å². The Labute approximate surface area is 112 Å². The Morgan fingerprint density at radius 3 is 2.47 bits per heavy atom. The highest BCUT2D eigenvalue weighted by Gasteiger charge is 2.25. The minimum absolute atomic E-state index is 0.0253. The second-order valence-corrected chi connectivity index (χ2v) is 4.49. The van der Waals surface area contributed by atoms with Gasteiger partial charge in [0.25, 0.3) is 11.8 Å². The topological polar surface area (TPSA) is 92.9 Å². The molecule has 106 valence electrons. The van der Waals surface area contributed by atoms with Crippen LogP contribution in [0.25, 0.3) is 0 Å². The number of hydrogen-bond acceptors (Lipinski definition) is 5. The van der Waals surface area contributed by atoms with Crippen molar-refractivity contribution >= 4 is 17.7 Å². The van der Waals surface area contributed by atoms with E-state index in [-0.39, 0.29) is 43.9 Å². The maximum atomic E-state index is 11.3. The fourth-order valence-electron chi connectivity index (χ4n) is 1.52. The molecule has 2 N–H and O–H groups in total. The van der Waals surface area contributed by atoms with E-state index in [9.17, 15) is 14.4 Å². The van der Waals surface area contributed by atoms with Gasteiger partial charge in [0.2, 0.25) is 5.91 Å². The van der Waals surface area contributed by atoms with Crippen LogP contribution in [0, 0.1) is 0 Å². The Balaban J connectivity index is 2.18. The van der Waals surface area contributed by atoms with Crippen LogP contribution in [0.4, 0.5) is 0 Å². The van der Waals surface area contributed by atoms with E-state index in [1.165, 1.54) is 17.1 Å². The number of nitrogens with zero attached hydrogens (tertiary/aromatic N) is 2. The molecule has 1 aliphatic rings. The molecule has 7 nitrogen and oxygen atoms in total. The van der Waals surface area contributed by atoms with Gasteiger partial charge < -0.3 is 15.4 Å². The minimum atomic E-state index is -0.456. The molecule has 0 aromatic carbocycles. The molecule has 1 rings (SSSR count). The number of ether oxygens (including phenoxy) is 1. The lowest BCUT2D eigenvalue weighted by molar-refractivity contribution is -0.137. The standard InChI is InChI=1S/C12H19N3O4/c1-14(2)10(16)5-6-19-8-9(13)7-15-11(17)3-4-12(15)18/h3-4,9H,5-8,13H2,1-2H3/t9-/m0/s1. The fraction of sp³-hybridized carbons (Fsp3) is 0.583. The Morgan fingerprint density at radius 2 is 1.95 bits per heavy atom. The first-order valence-electron chi connectivity index (χ1n) is 5.99. The molecule has 0 saturated heterocycles. The van der Waals surface area contributed by atoms with Gasteiger partial charge in [-0.2, -0.15) is 0 Å². The van der Waals surface area contributed by atoms with Gasteiger partial charge in [-0.15, -0.1) is 0 Å². The highest BCUT2D eigenvalue weighted by Crippen LogP contribution is 2.04. The average molecular weight is 269 g/mol. The molecule has 0 saturated carbocycles. The molecular weight excluding hydrogens is 250 g/mol. The van der Waals surface area contributed by atoms with Crippen LogP contribution in [0.5, 0.6) is 0 Å². The van der Waals surface area contributed by atoms with E-state index in [1.807, 2.05) is 0 Å². The van der Waals surface area contributed by atoms with Crippen molar-refractivity contribution in [3.8, 4) is 0 Å². The molecule has 0 spiro atoms. The predicted molar refractivity (Wildman–Crippen MR) is 68.0 cm³/mol. The second kappa shape index (κ2) is 7.01. The maximum Gasteiger partial charge on any atom is 0.253 e. The number of carbonyl (C=O) groups is 3. The maximum absolute atomic E-state index is 11.3. The van der Waals surface area contributed by atoms with Crippen molar-refractivity contribution in [1.82, 2.24) is 9.80 Å². The van der Waals surface area contributed by atoms with Crippen molar-refractivity contribution in [3.63, 3.8) is 0 Å². The summed E-state index contributed by atoms with van der Waals surface area (Å²) in [7, 11) is 3.34. The molecule has 0 bridgehead atoms. The lowest BCUT2D eigenvalue weighted by Gasteiger charge is -2.19. The Morgan fingerprint density at radius 1 is 1.37 bits per heavy atom. The van der Waals surface area contributed by atoms with Crippen LogP contribution in [0.15, 0.2) is 12.2 Å². The van der Waals surface area contributed by atoms with Crippen LogP contribution < -0.4 is 5.73 Å². The predicted octanol–water partition coefficient (Wildman–Crippen LogP) is -1.27. The van der Waals surface area contributed by atoms with Gasteiger partial charge in [0.15, 0.2) is 0 Å². The number of hydrogen-bond donors (Lipinski definition) is 1. The van der Waals surface area contributed by atoms with Crippen molar-refractivity contribution in [1.29, 1.82) is 0 Å². The summed E-state index contributed by atoms with van der Waals surface area (Å²) in [4.78, 5) is 36.4. The smallest absolute Gasteiger partial charge is 0.253 e. The van der Waals surface area contributed by atoms with Crippen molar-refractivity contribution in [2.24, 2.45) is 5.73 Å².